The van der Waals surface area contributed by atoms with Crippen molar-refractivity contribution in [1.82, 2.24) is 20.3 Å². The fraction of sp³-hybridized carbons (Fsp3) is 0.130. The predicted molar refractivity (Wildman–Crippen MR) is 115 cm³/mol. The summed E-state index contributed by atoms with van der Waals surface area (Å²) >= 11 is 0. The number of aliphatic carboxylic acids is 1. The molecule has 162 valence electrons. The van der Waals surface area contributed by atoms with Crippen molar-refractivity contribution >= 4 is 22.9 Å². The molecule has 32 heavy (non-hydrogen) atoms. The number of carboxylic acids is 1. The molecule has 1 unspecified atom stereocenters. The number of rotatable bonds is 7. The number of aromatic nitrogens is 3. The van der Waals surface area contributed by atoms with Crippen molar-refractivity contribution in [1.29, 1.82) is 0 Å². The number of carbonyl (C=O) groups is 2. The van der Waals surface area contributed by atoms with E-state index in [1.807, 2.05) is 24.3 Å². The zero-order chi connectivity index (χ0) is 22.7. The zero-order valence-electron chi connectivity index (χ0n) is 17.0. The molecule has 0 spiro atoms. The van der Waals surface area contributed by atoms with Gasteiger partial charge < -0.3 is 20.1 Å². The lowest BCUT2D eigenvalue weighted by molar-refractivity contribution is -0.137. The van der Waals surface area contributed by atoms with Crippen LogP contribution >= 0.6 is 0 Å². The van der Waals surface area contributed by atoms with Crippen LogP contribution in [0, 0.1) is 5.82 Å². The van der Waals surface area contributed by atoms with E-state index in [9.17, 15) is 19.1 Å². The van der Waals surface area contributed by atoms with Gasteiger partial charge in [-0.1, -0.05) is 6.07 Å². The van der Waals surface area contributed by atoms with Gasteiger partial charge in [-0.25, -0.2) is 14.4 Å². The summed E-state index contributed by atoms with van der Waals surface area (Å²) in [6, 6.07) is 12.2. The van der Waals surface area contributed by atoms with Crippen molar-refractivity contribution in [3.63, 3.8) is 0 Å². The van der Waals surface area contributed by atoms with Gasteiger partial charge in [-0.2, -0.15) is 0 Å². The van der Waals surface area contributed by atoms with E-state index in [0.29, 0.717) is 22.5 Å². The minimum Gasteiger partial charge on any atom is -0.494 e. The molecule has 1 amide bonds. The Morgan fingerprint density at radius 2 is 2.06 bits per heavy atom. The van der Waals surface area contributed by atoms with Gasteiger partial charge in [0.25, 0.3) is 5.91 Å². The van der Waals surface area contributed by atoms with Crippen LogP contribution in [0.4, 0.5) is 4.39 Å². The first-order chi connectivity index (χ1) is 15.4. The number of methoxy groups -OCH3 is 1. The summed E-state index contributed by atoms with van der Waals surface area (Å²) < 4.78 is 19.0. The second-order valence-electron chi connectivity index (χ2n) is 7.07. The van der Waals surface area contributed by atoms with E-state index < -0.39 is 30.2 Å². The molecular weight excluding hydrogens is 415 g/mol. The number of hydrogen-bond acceptors (Lipinski definition) is 5. The average molecular weight is 434 g/mol. The Kier molecular flexibility index (Phi) is 5.80. The number of H-pyrrole nitrogens is 1. The van der Waals surface area contributed by atoms with E-state index in [0.717, 1.165) is 11.5 Å². The molecule has 1 aromatic carbocycles. The van der Waals surface area contributed by atoms with Crippen LogP contribution in [-0.4, -0.2) is 39.0 Å². The van der Waals surface area contributed by atoms with Crippen molar-refractivity contribution < 1.29 is 23.8 Å². The normalized spacial score (nSPS) is 11.8. The number of ether oxygens (including phenoxy) is 1. The Labute approximate surface area is 182 Å². The number of nitrogens with one attached hydrogen (secondary N) is 2. The Morgan fingerprint density at radius 3 is 2.81 bits per heavy atom. The molecular formula is C23H19FN4O4. The van der Waals surface area contributed by atoms with Gasteiger partial charge in [-0.3, -0.25) is 9.59 Å². The van der Waals surface area contributed by atoms with Gasteiger partial charge in [0.2, 0.25) is 0 Å². The number of hydrogen-bond donors (Lipinski definition) is 3. The molecule has 0 fully saturated rings. The lowest BCUT2D eigenvalue weighted by Gasteiger charge is -2.17. The molecule has 0 radical (unpaired) electrons. The molecule has 0 aliphatic heterocycles. The van der Waals surface area contributed by atoms with E-state index in [1.165, 1.54) is 19.2 Å². The molecule has 3 heterocycles. The highest BCUT2D eigenvalue weighted by molar-refractivity contribution is 5.94. The first-order valence-corrected chi connectivity index (χ1v) is 9.71. The second-order valence-corrected chi connectivity index (χ2v) is 7.07. The highest BCUT2D eigenvalue weighted by Crippen LogP contribution is 2.25. The van der Waals surface area contributed by atoms with Crippen molar-refractivity contribution in [2.24, 2.45) is 0 Å². The average Bonchev–Trinajstić information content (AvgIpc) is 3.28. The summed E-state index contributed by atoms with van der Waals surface area (Å²) in [6.45, 7) is 0. The molecule has 9 heteroatoms. The molecule has 1 atom stereocenters. The summed E-state index contributed by atoms with van der Waals surface area (Å²) in [5.41, 5.74) is 2.42. The smallest absolute Gasteiger partial charge is 0.305 e. The molecule has 0 bridgehead atoms. The number of nitrogens with zero attached hydrogens (tertiary/aromatic N) is 2. The van der Waals surface area contributed by atoms with Gasteiger partial charge >= 0.3 is 5.97 Å². The van der Waals surface area contributed by atoms with Gasteiger partial charge in [-0.05, 0) is 48.0 Å². The van der Waals surface area contributed by atoms with Crippen LogP contribution in [0.3, 0.4) is 0 Å². The van der Waals surface area contributed by atoms with Gasteiger partial charge in [0.1, 0.15) is 5.69 Å². The molecule has 4 aromatic rings. The maximum absolute atomic E-state index is 14.1. The highest BCUT2D eigenvalue weighted by atomic mass is 19.1. The van der Waals surface area contributed by atoms with E-state index in [4.69, 9.17) is 4.74 Å². The number of benzene rings is 1. The third-order valence-corrected chi connectivity index (χ3v) is 4.95. The quantitative estimate of drug-likeness (QED) is 0.408. The zero-order valence-corrected chi connectivity index (χ0v) is 17.0. The number of halogens is 1. The van der Waals surface area contributed by atoms with E-state index in [-0.39, 0.29) is 11.4 Å². The Balaban J connectivity index is 1.56. The van der Waals surface area contributed by atoms with Crippen molar-refractivity contribution in [2.45, 2.75) is 12.5 Å². The highest BCUT2D eigenvalue weighted by Gasteiger charge is 2.21. The van der Waals surface area contributed by atoms with Gasteiger partial charge in [0.05, 0.1) is 25.3 Å². The first kappa shape index (κ1) is 21.0. The van der Waals surface area contributed by atoms with E-state index >= 15 is 0 Å². The molecule has 0 saturated carbocycles. The molecule has 0 aliphatic rings. The third-order valence-electron chi connectivity index (χ3n) is 4.95. The minimum absolute atomic E-state index is 0.0283. The van der Waals surface area contributed by atoms with Gasteiger partial charge in [0.15, 0.2) is 17.2 Å². The number of carbonyl (C=O) groups excluding carboxylic acids is 1. The number of amides is 1. The molecule has 8 nitrogen and oxygen atoms in total. The summed E-state index contributed by atoms with van der Waals surface area (Å²) in [5.74, 6) is -2.28. The number of carboxylic acid groups (broad SMARTS) is 1. The molecule has 0 aliphatic carbocycles. The summed E-state index contributed by atoms with van der Waals surface area (Å²) in [4.78, 5) is 35.7. The number of fused-ring (bicyclic) bond motifs is 1. The topological polar surface area (TPSA) is 117 Å². The predicted octanol–water partition coefficient (Wildman–Crippen LogP) is 3.72. The Bertz CT molecular complexity index is 1300. The SMILES string of the molecule is COc1ccc(C(CC(=O)O)NC(=O)c2cc(-c3ccc4cccnc4n3)c[nH]2)cc1F. The third kappa shape index (κ3) is 4.41. The van der Waals surface area contributed by atoms with Gasteiger partial charge in [0, 0.05) is 23.3 Å². The maximum atomic E-state index is 14.1. The molecule has 0 saturated heterocycles. The minimum atomic E-state index is -1.13. The Morgan fingerprint density at radius 1 is 1.22 bits per heavy atom. The monoisotopic (exact) mass is 434 g/mol. The van der Waals surface area contributed by atoms with Crippen LogP contribution in [0.1, 0.15) is 28.5 Å². The molecule has 3 aromatic heterocycles. The second kappa shape index (κ2) is 8.84. The maximum Gasteiger partial charge on any atom is 0.305 e. The van der Waals surface area contributed by atoms with E-state index in [1.54, 1.807) is 18.5 Å². The van der Waals surface area contributed by atoms with Crippen LogP contribution in [0.2, 0.25) is 0 Å². The standard InChI is InChI=1S/C23H19FN4O4/c1-32-20-7-5-14(9-16(20)24)18(11-21(29)30)28-23(31)19-10-15(12-26-19)17-6-4-13-3-2-8-25-22(13)27-17/h2-10,12,18,26H,11H2,1H3,(H,28,31)(H,29,30). The van der Waals surface area contributed by atoms with Crippen LogP contribution < -0.4 is 10.1 Å². The van der Waals surface area contributed by atoms with Crippen molar-refractivity contribution in [2.75, 3.05) is 7.11 Å². The largest absolute Gasteiger partial charge is 0.494 e. The fourth-order valence-corrected chi connectivity index (χ4v) is 3.35. The van der Waals surface area contributed by atoms with Crippen molar-refractivity contribution in [3.05, 3.63) is 78.0 Å². The fourth-order valence-electron chi connectivity index (χ4n) is 3.35. The van der Waals surface area contributed by atoms with Gasteiger partial charge in [-0.15, -0.1) is 0 Å². The first-order valence-electron chi connectivity index (χ1n) is 9.71. The van der Waals surface area contributed by atoms with Crippen LogP contribution in [-0.2, 0) is 4.79 Å². The number of aromatic amines is 1. The summed E-state index contributed by atoms with van der Waals surface area (Å²) in [6.07, 6.45) is 2.87. The van der Waals surface area contributed by atoms with E-state index in [2.05, 4.69) is 20.3 Å². The van der Waals surface area contributed by atoms with Crippen LogP contribution in [0.15, 0.2) is 60.9 Å². The van der Waals surface area contributed by atoms with Crippen LogP contribution in [0.5, 0.6) is 5.75 Å². The number of pyridine rings is 2. The summed E-state index contributed by atoms with van der Waals surface area (Å²) in [5, 5.41) is 12.8. The lowest BCUT2D eigenvalue weighted by Crippen LogP contribution is -2.30. The lowest BCUT2D eigenvalue weighted by atomic mass is 10.0. The molecule has 3 N–H and O–H groups in total. The molecule has 4 rings (SSSR count). The summed E-state index contributed by atoms with van der Waals surface area (Å²) in [7, 11) is 1.33. The van der Waals surface area contributed by atoms with Crippen molar-refractivity contribution in [3.8, 4) is 17.0 Å². The Hall–Kier alpha value is -4.27. The van der Waals surface area contributed by atoms with Crippen LogP contribution in [0.25, 0.3) is 22.3 Å².